The molecule has 3 rings (SSSR count). The van der Waals surface area contributed by atoms with Gasteiger partial charge in [-0.3, -0.25) is 19.2 Å². The minimum atomic E-state index is -0.339. The average molecular weight is 291 g/mol. The van der Waals surface area contributed by atoms with Gasteiger partial charge in [-0.15, -0.1) is 5.10 Å². The molecule has 0 aromatic carbocycles. The SMILES string of the molecule is O=C1CC(NCCCn2ccnn2)C(=O)N1C1CCCC1. The highest BCUT2D eigenvalue weighted by atomic mass is 16.2. The maximum atomic E-state index is 12.3. The fraction of sp³-hybridized carbons (Fsp3) is 0.714. The molecule has 2 aliphatic rings. The van der Waals surface area contributed by atoms with Gasteiger partial charge in [0.25, 0.3) is 0 Å². The zero-order valence-corrected chi connectivity index (χ0v) is 12.1. The summed E-state index contributed by atoms with van der Waals surface area (Å²) in [6.45, 7) is 1.45. The summed E-state index contributed by atoms with van der Waals surface area (Å²) in [5, 5.41) is 10.8. The Kier molecular flexibility index (Phi) is 4.28. The molecular formula is C14H21N5O2. The third-order valence-electron chi connectivity index (χ3n) is 4.30. The van der Waals surface area contributed by atoms with Crippen LogP contribution in [-0.4, -0.2) is 50.3 Å². The molecule has 0 bridgehead atoms. The minimum Gasteiger partial charge on any atom is -0.305 e. The van der Waals surface area contributed by atoms with Crippen LogP contribution in [-0.2, 0) is 16.1 Å². The molecular weight excluding hydrogens is 270 g/mol. The van der Waals surface area contributed by atoms with Crippen molar-refractivity contribution >= 4 is 11.8 Å². The summed E-state index contributed by atoms with van der Waals surface area (Å²) in [4.78, 5) is 25.9. The van der Waals surface area contributed by atoms with Gasteiger partial charge in [-0.05, 0) is 25.8 Å². The summed E-state index contributed by atoms with van der Waals surface area (Å²) in [6, 6.07) is -0.194. The number of carbonyl (C=O) groups excluding carboxylic acids is 2. The molecule has 2 heterocycles. The van der Waals surface area contributed by atoms with E-state index in [1.54, 1.807) is 10.9 Å². The second kappa shape index (κ2) is 6.34. The highest BCUT2D eigenvalue weighted by Gasteiger charge is 2.42. The summed E-state index contributed by atoms with van der Waals surface area (Å²) in [5.41, 5.74) is 0. The Morgan fingerprint density at radius 1 is 1.29 bits per heavy atom. The molecule has 7 heteroatoms. The lowest BCUT2D eigenvalue weighted by Gasteiger charge is -2.22. The first kappa shape index (κ1) is 14.2. The van der Waals surface area contributed by atoms with Crippen molar-refractivity contribution in [3.63, 3.8) is 0 Å². The third-order valence-corrected chi connectivity index (χ3v) is 4.30. The minimum absolute atomic E-state index is 0.0133. The van der Waals surface area contributed by atoms with Gasteiger partial charge in [0.05, 0.1) is 18.7 Å². The summed E-state index contributed by atoms with van der Waals surface area (Å²) in [5.74, 6) is -0.0478. The Hall–Kier alpha value is -1.76. The monoisotopic (exact) mass is 291 g/mol. The second-order valence-electron chi connectivity index (χ2n) is 5.77. The first-order valence-corrected chi connectivity index (χ1v) is 7.69. The Balaban J connectivity index is 1.45. The van der Waals surface area contributed by atoms with E-state index in [1.807, 2.05) is 6.20 Å². The molecule has 1 unspecified atom stereocenters. The van der Waals surface area contributed by atoms with Gasteiger partial charge in [-0.1, -0.05) is 18.1 Å². The van der Waals surface area contributed by atoms with Crippen LogP contribution in [0.15, 0.2) is 12.4 Å². The normalized spacial score (nSPS) is 23.4. The van der Waals surface area contributed by atoms with Crippen LogP contribution in [0.25, 0.3) is 0 Å². The van der Waals surface area contributed by atoms with E-state index in [0.717, 1.165) is 38.6 Å². The molecule has 7 nitrogen and oxygen atoms in total. The second-order valence-corrected chi connectivity index (χ2v) is 5.77. The molecule has 21 heavy (non-hydrogen) atoms. The Morgan fingerprint density at radius 2 is 2.10 bits per heavy atom. The zero-order chi connectivity index (χ0) is 14.7. The smallest absolute Gasteiger partial charge is 0.247 e. The van der Waals surface area contributed by atoms with Gasteiger partial charge in [-0.25, -0.2) is 0 Å². The van der Waals surface area contributed by atoms with Gasteiger partial charge in [0.1, 0.15) is 0 Å². The van der Waals surface area contributed by atoms with Crippen molar-refractivity contribution < 1.29 is 9.59 Å². The van der Waals surface area contributed by atoms with Gasteiger partial charge in [0.15, 0.2) is 0 Å². The van der Waals surface area contributed by atoms with Crippen molar-refractivity contribution in [1.29, 1.82) is 0 Å². The number of aromatic nitrogens is 3. The van der Waals surface area contributed by atoms with Gasteiger partial charge in [0.2, 0.25) is 11.8 Å². The van der Waals surface area contributed by atoms with Crippen LogP contribution in [0.3, 0.4) is 0 Å². The molecule has 0 radical (unpaired) electrons. The maximum Gasteiger partial charge on any atom is 0.247 e. The summed E-state index contributed by atoms with van der Waals surface area (Å²) >= 11 is 0. The van der Waals surface area contributed by atoms with E-state index in [-0.39, 0.29) is 23.9 Å². The van der Waals surface area contributed by atoms with Crippen LogP contribution < -0.4 is 5.32 Å². The maximum absolute atomic E-state index is 12.3. The Bertz CT molecular complexity index is 495. The number of likely N-dealkylation sites (tertiary alicyclic amines) is 1. The van der Waals surface area contributed by atoms with Gasteiger partial charge in [0, 0.05) is 18.8 Å². The summed E-state index contributed by atoms with van der Waals surface area (Å²) < 4.78 is 1.76. The first-order chi connectivity index (χ1) is 10.3. The van der Waals surface area contributed by atoms with Crippen molar-refractivity contribution in [3.05, 3.63) is 12.4 Å². The topological polar surface area (TPSA) is 80.1 Å². The zero-order valence-electron chi connectivity index (χ0n) is 12.1. The van der Waals surface area contributed by atoms with Crippen molar-refractivity contribution in [3.8, 4) is 0 Å². The number of amides is 2. The highest BCUT2D eigenvalue weighted by molar-refractivity contribution is 6.05. The fourth-order valence-corrected chi connectivity index (χ4v) is 3.23. The quantitative estimate of drug-likeness (QED) is 0.603. The molecule has 1 atom stereocenters. The lowest BCUT2D eigenvalue weighted by atomic mass is 10.2. The van der Waals surface area contributed by atoms with Crippen molar-refractivity contribution in [2.24, 2.45) is 0 Å². The van der Waals surface area contributed by atoms with E-state index in [4.69, 9.17) is 0 Å². The number of hydrogen-bond acceptors (Lipinski definition) is 5. The molecule has 1 aromatic rings. The van der Waals surface area contributed by atoms with E-state index >= 15 is 0 Å². The van der Waals surface area contributed by atoms with Gasteiger partial charge >= 0.3 is 0 Å². The molecule has 1 aliphatic heterocycles. The third kappa shape index (κ3) is 3.12. The lowest BCUT2D eigenvalue weighted by molar-refractivity contribution is -0.141. The van der Waals surface area contributed by atoms with Crippen LogP contribution in [0.5, 0.6) is 0 Å². The van der Waals surface area contributed by atoms with Crippen LogP contribution in [0.2, 0.25) is 0 Å². The molecule has 1 saturated heterocycles. The van der Waals surface area contributed by atoms with Crippen molar-refractivity contribution in [2.45, 2.75) is 57.2 Å². The fourth-order valence-electron chi connectivity index (χ4n) is 3.23. The van der Waals surface area contributed by atoms with Crippen LogP contribution >= 0.6 is 0 Å². The van der Waals surface area contributed by atoms with Crippen molar-refractivity contribution in [1.82, 2.24) is 25.2 Å². The number of imide groups is 1. The molecule has 2 fully saturated rings. The summed E-state index contributed by atoms with van der Waals surface area (Å²) in [6.07, 6.45) is 8.80. The number of carbonyl (C=O) groups is 2. The van der Waals surface area contributed by atoms with Crippen LogP contribution in [0.4, 0.5) is 0 Å². The van der Waals surface area contributed by atoms with E-state index in [0.29, 0.717) is 13.0 Å². The molecule has 2 amide bonds. The summed E-state index contributed by atoms with van der Waals surface area (Å²) in [7, 11) is 0. The number of rotatable bonds is 6. The molecule has 1 N–H and O–H groups in total. The largest absolute Gasteiger partial charge is 0.305 e. The molecule has 1 aromatic heterocycles. The van der Waals surface area contributed by atoms with E-state index in [9.17, 15) is 9.59 Å². The molecule has 1 saturated carbocycles. The standard InChI is InChI=1S/C14H21N5O2/c20-13-10-12(14(21)19(13)11-4-1-2-5-11)15-6-3-8-18-9-7-16-17-18/h7,9,11-12,15H,1-6,8,10H2. The van der Waals surface area contributed by atoms with E-state index in [2.05, 4.69) is 15.6 Å². The van der Waals surface area contributed by atoms with Crippen LogP contribution in [0.1, 0.15) is 38.5 Å². The van der Waals surface area contributed by atoms with E-state index < -0.39 is 0 Å². The molecule has 1 aliphatic carbocycles. The van der Waals surface area contributed by atoms with Crippen molar-refractivity contribution in [2.75, 3.05) is 6.54 Å². The lowest BCUT2D eigenvalue weighted by Crippen LogP contribution is -2.43. The Morgan fingerprint density at radius 3 is 2.81 bits per heavy atom. The number of hydrogen-bond donors (Lipinski definition) is 1. The van der Waals surface area contributed by atoms with E-state index in [1.165, 1.54) is 4.90 Å². The molecule has 114 valence electrons. The first-order valence-electron chi connectivity index (χ1n) is 7.69. The van der Waals surface area contributed by atoms with Crippen LogP contribution in [0, 0.1) is 0 Å². The number of nitrogens with zero attached hydrogens (tertiary/aromatic N) is 4. The average Bonchev–Trinajstić information content (AvgIpc) is 3.18. The Labute approximate surface area is 123 Å². The number of aryl methyl sites for hydroxylation is 1. The van der Waals surface area contributed by atoms with Gasteiger partial charge < -0.3 is 5.32 Å². The number of nitrogens with one attached hydrogen (secondary N) is 1. The van der Waals surface area contributed by atoms with Gasteiger partial charge in [-0.2, -0.15) is 0 Å². The predicted molar refractivity (Wildman–Crippen MR) is 75.2 cm³/mol. The highest BCUT2D eigenvalue weighted by Crippen LogP contribution is 2.28. The molecule has 0 spiro atoms. The predicted octanol–water partition coefficient (Wildman–Crippen LogP) is 0.328.